The van der Waals surface area contributed by atoms with Crippen LogP contribution in [0.4, 0.5) is 13.2 Å². The number of nitrogens with one attached hydrogen (secondary N) is 3. The molecule has 0 radical (unpaired) electrons. The van der Waals surface area contributed by atoms with Crippen molar-refractivity contribution in [2.45, 2.75) is 11.1 Å². The molecule has 0 aliphatic heterocycles. The number of hydrogen-bond donors (Lipinski definition) is 3. The highest BCUT2D eigenvalue weighted by Crippen LogP contribution is 2.33. The Kier molecular flexibility index (Phi) is 4.68. The smallest absolute Gasteiger partial charge is 0.357 e. The Balaban J connectivity index is 2.24. The normalized spacial score (nSPS) is 12.2. The van der Waals surface area contributed by atoms with Crippen molar-refractivity contribution in [3.05, 3.63) is 52.8 Å². The predicted molar refractivity (Wildman–Crippen MR) is 75.0 cm³/mol. The molecule has 0 aliphatic carbocycles. The number of aromatic amines is 1. The highest BCUT2D eigenvalue weighted by atomic mass is 35.5. The molecular formula is C12H9ClF3N3O3S. The standard InChI is InChI=1S/C12H9ClF3N3O3S/c13-8-4-3-7(12(14,15)16)6-10(8)23(21,22)19-18-11(20)9-2-1-5-17-9/h1-6,17,19H,(H,18,20). The third-order valence-electron chi connectivity index (χ3n) is 2.69. The van der Waals surface area contributed by atoms with Gasteiger partial charge in [-0.15, -0.1) is 4.83 Å². The van der Waals surface area contributed by atoms with Gasteiger partial charge in [-0.1, -0.05) is 11.6 Å². The van der Waals surface area contributed by atoms with Crippen molar-refractivity contribution in [2.24, 2.45) is 0 Å². The van der Waals surface area contributed by atoms with E-state index in [1.165, 1.54) is 18.3 Å². The molecule has 0 unspecified atom stereocenters. The van der Waals surface area contributed by atoms with Crippen LogP contribution in [0.2, 0.25) is 5.02 Å². The van der Waals surface area contributed by atoms with Crippen LogP contribution >= 0.6 is 11.6 Å². The van der Waals surface area contributed by atoms with Gasteiger partial charge in [0, 0.05) is 6.20 Å². The van der Waals surface area contributed by atoms with Gasteiger partial charge in [-0.05, 0) is 30.3 Å². The molecule has 1 aromatic carbocycles. The van der Waals surface area contributed by atoms with Gasteiger partial charge in [0.25, 0.3) is 15.9 Å². The molecule has 0 saturated carbocycles. The average molecular weight is 368 g/mol. The maximum atomic E-state index is 12.7. The summed E-state index contributed by atoms with van der Waals surface area (Å²) in [6, 6.07) is 4.73. The van der Waals surface area contributed by atoms with Gasteiger partial charge in [0.05, 0.1) is 10.6 Å². The summed E-state index contributed by atoms with van der Waals surface area (Å²) in [6.07, 6.45) is -3.30. The summed E-state index contributed by atoms with van der Waals surface area (Å²) in [5, 5.41) is -0.417. The summed E-state index contributed by atoms with van der Waals surface area (Å²) in [4.78, 5) is 15.0. The molecule has 2 aromatic rings. The van der Waals surface area contributed by atoms with Gasteiger partial charge in [-0.25, -0.2) is 8.42 Å². The van der Waals surface area contributed by atoms with Crippen LogP contribution in [0, 0.1) is 0 Å². The van der Waals surface area contributed by atoms with Gasteiger partial charge < -0.3 is 4.98 Å². The fourth-order valence-corrected chi connectivity index (χ4v) is 2.96. The highest BCUT2D eigenvalue weighted by Gasteiger charge is 2.32. The second-order valence-corrected chi connectivity index (χ2v) is 6.34. The van der Waals surface area contributed by atoms with Crippen LogP contribution in [0.1, 0.15) is 16.1 Å². The number of sulfonamides is 1. The maximum Gasteiger partial charge on any atom is 0.416 e. The molecule has 2 rings (SSSR count). The fraction of sp³-hybridized carbons (Fsp3) is 0.0833. The number of alkyl halides is 3. The molecular weight excluding hydrogens is 359 g/mol. The molecule has 0 fully saturated rings. The minimum Gasteiger partial charge on any atom is -0.357 e. The Hall–Kier alpha value is -2.04. The van der Waals surface area contributed by atoms with Gasteiger partial charge in [-0.2, -0.15) is 13.2 Å². The topological polar surface area (TPSA) is 91.1 Å². The van der Waals surface area contributed by atoms with Crippen molar-refractivity contribution in [1.29, 1.82) is 0 Å². The zero-order chi connectivity index (χ0) is 17.3. The molecule has 0 atom stereocenters. The number of hydrogen-bond acceptors (Lipinski definition) is 3. The molecule has 11 heteroatoms. The number of aromatic nitrogens is 1. The second-order valence-electron chi connectivity index (χ2n) is 4.29. The number of carbonyl (C=O) groups is 1. The van der Waals surface area contributed by atoms with E-state index in [0.29, 0.717) is 12.1 Å². The van der Waals surface area contributed by atoms with E-state index >= 15 is 0 Å². The Bertz CT molecular complexity index is 820. The maximum absolute atomic E-state index is 12.7. The van der Waals surface area contributed by atoms with Crippen LogP contribution in [0.25, 0.3) is 0 Å². The van der Waals surface area contributed by atoms with Gasteiger partial charge >= 0.3 is 6.18 Å². The van der Waals surface area contributed by atoms with Crippen LogP contribution in [0.15, 0.2) is 41.4 Å². The average Bonchev–Trinajstić information content (AvgIpc) is 2.98. The Morgan fingerprint density at radius 2 is 1.91 bits per heavy atom. The summed E-state index contributed by atoms with van der Waals surface area (Å²) in [6.45, 7) is 0. The summed E-state index contributed by atoms with van der Waals surface area (Å²) in [7, 11) is -4.49. The lowest BCUT2D eigenvalue weighted by Gasteiger charge is -2.12. The summed E-state index contributed by atoms with van der Waals surface area (Å²) in [5.41, 5.74) is 0.737. The van der Waals surface area contributed by atoms with Crippen LogP contribution in [-0.2, 0) is 16.2 Å². The molecule has 0 bridgehead atoms. The van der Waals surface area contributed by atoms with E-state index in [1.807, 2.05) is 5.43 Å². The summed E-state index contributed by atoms with van der Waals surface area (Å²) >= 11 is 5.64. The quantitative estimate of drug-likeness (QED) is 0.724. The first-order chi connectivity index (χ1) is 10.6. The molecule has 0 aliphatic rings. The van der Waals surface area contributed by atoms with Crippen molar-refractivity contribution >= 4 is 27.5 Å². The first-order valence-corrected chi connectivity index (χ1v) is 7.79. The number of carbonyl (C=O) groups excluding carboxylic acids is 1. The minimum absolute atomic E-state index is 0.0582. The molecule has 6 nitrogen and oxygen atoms in total. The lowest BCUT2D eigenvalue weighted by molar-refractivity contribution is -0.137. The minimum atomic E-state index is -4.73. The SMILES string of the molecule is O=C(NNS(=O)(=O)c1cc(C(F)(F)F)ccc1Cl)c1ccc[nH]1. The third kappa shape index (κ3) is 4.03. The van der Waals surface area contributed by atoms with Gasteiger partial charge in [-0.3, -0.25) is 10.2 Å². The van der Waals surface area contributed by atoms with Gasteiger partial charge in [0.15, 0.2) is 0 Å². The summed E-state index contributed by atoms with van der Waals surface area (Å²) < 4.78 is 62.0. The Morgan fingerprint density at radius 3 is 2.48 bits per heavy atom. The van der Waals surface area contributed by atoms with E-state index in [-0.39, 0.29) is 5.69 Å². The molecule has 124 valence electrons. The van der Waals surface area contributed by atoms with E-state index in [9.17, 15) is 26.4 Å². The lowest BCUT2D eigenvalue weighted by atomic mass is 10.2. The van der Waals surface area contributed by atoms with Crippen LogP contribution < -0.4 is 10.3 Å². The Morgan fingerprint density at radius 1 is 1.22 bits per heavy atom. The molecule has 23 heavy (non-hydrogen) atoms. The largest absolute Gasteiger partial charge is 0.416 e. The monoisotopic (exact) mass is 367 g/mol. The number of hydrazine groups is 1. The lowest BCUT2D eigenvalue weighted by Crippen LogP contribution is -2.41. The van der Waals surface area contributed by atoms with Crippen molar-refractivity contribution in [1.82, 2.24) is 15.2 Å². The third-order valence-corrected chi connectivity index (χ3v) is 4.42. The van der Waals surface area contributed by atoms with Crippen LogP contribution in [0.3, 0.4) is 0 Å². The molecule has 1 heterocycles. The number of benzene rings is 1. The molecule has 1 amide bonds. The van der Waals surface area contributed by atoms with E-state index in [2.05, 4.69) is 4.98 Å². The predicted octanol–water partition coefficient (Wildman–Crippen LogP) is 2.31. The second kappa shape index (κ2) is 6.22. The van der Waals surface area contributed by atoms with E-state index in [0.717, 1.165) is 6.07 Å². The molecule has 1 aromatic heterocycles. The zero-order valence-corrected chi connectivity index (χ0v) is 12.7. The number of rotatable bonds is 4. The van der Waals surface area contributed by atoms with Crippen molar-refractivity contribution in [2.75, 3.05) is 0 Å². The van der Waals surface area contributed by atoms with Crippen molar-refractivity contribution in [3.8, 4) is 0 Å². The highest BCUT2D eigenvalue weighted by molar-refractivity contribution is 7.89. The van der Waals surface area contributed by atoms with E-state index in [1.54, 1.807) is 4.83 Å². The first kappa shape index (κ1) is 17.3. The fourth-order valence-electron chi connectivity index (χ4n) is 1.59. The molecule has 3 N–H and O–H groups in total. The van der Waals surface area contributed by atoms with Crippen LogP contribution in [0.5, 0.6) is 0 Å². The van der Waals surface area contributed by atoms with E-state index in [4.69, 9.17) is 11.6 Å². The molecule has 0 spiro atoms. The van der Waals surface area contributed by atoms with Gasteiger partial charge in [0.2, 0.25) is 0 Å². The number of halogens is 4. The number of amides is 1. The zero-order valence-electron chi connectivity index (χ0n) is 11.1. The Labute approximate surface area is 133 Å². The van der Waals surface area contributed by atoms with Crippen molar-refractivity contribution < 1.29 is 26.4 Å². The van der Waals surface area contributed by atoms with Crippen LogP contribution in [-0.4, -0.2) is 19.3 Å². The summed E-state index contributed by atoms with van der Waals surface area (Å²) in [5.74, 6) is -0.818. The number of H-pyrrole nitrogens is 1. The van der Waals surface area contributed by atoms with E-state index < -0.39 is 37.6 Å². The molecule has 0 saturated heterocycles. The van der Waals surface area contributed by atoms with Gasteiger partial charge in [0.1, 0.15) is 10.6 Å². The van der Waals surface area contributed by atoms with Crippen molar-refractivity contribution in [3.63, 3.8) is 0 Å². The first-order valence-electron chi connectivity index (χ1n) is 5.93.